The number of hydrogen-bond acceptors (Lipinski definition) is 4. The van der Waals surface area contributed by atoms with E-state index in [9.17, 15) is 8.42 Å². The average Bonchev–Trinajstić information content (AvgIpc) is 2.18. The van der Waals surface area contributed by atoms with E-state index in [0.29, 0.717) is 0 Å². The highest BCUT2D eigenvalue weighted by atomic mass is 32.2. The molecular weight excluding hydrogens is 208 g/mol. The van der Waals surface area contributed by atoms with E-state index in [4.69, 9.17) is 14.1 Å². The normalized spacial score (nSPS) is 8.93. The molecule has 0 amide bonds. The van der Waals surface area contributed by atoms with Crippen LogP contribution in [0.5, 0.6) is 0 Å². The molecular formula is C8H6O5S. The van der Waals surface area contributed by atoms with Gasteiger partial charge in [-0.05, 0) is 12.1 Å². The van der Waals surface area contributed by atoms with E-state index >= 15 is 0 Å². The van der Waals surface area contributed by atoms with Crippen LogP contribution in [-0.2, 0) is 19.7 Å². The first kappa shape index (κ1) is 12.3. The van der Waals surface area contributed by atoms with Crippen LogP contribution in [0.3, 0.4) is 0 Å². The maximum Gasteiger partial charge on any atom is 0.294 e. The highest BCUT2D eigenvalue weighted by Crippen LogP contribution is 2.05. The molecule has 0 aliphatic heterocycles. The third kappa shape index (κ3) is 5.03. The Labute approximate surface area is 80.4 Å². The highest BCUT2D eigenvalue weighted by Gasteiger charge is 2.05. The van der Waals surface area contributed by atoms with Crippen LogP contribution in [0.1, 0.15) is 0 Å². The summed E-state index contributed by atoms with van der Waals surface area (Å²) < 4.78 is 29.2. The lowest BCUT2D eigenvalue weighted by Gasteiger charge is -1.92. The first-order valence-corrected chi connectivity index (χ1v) is 4.73. The van der Waals surface area contributed by atoms with Crippen molar-refractivity contribution in [3.8, 4) is 0 Å². The van der Waals surface area contributed by atoms with Gasteiger partial charge in [0.15, 0.2) is 0 Å². The van der Waals surface area contributed by atoms with Crippen molar-refractivity contribution < 1.29 is 22.6 Å². The number of rotatable bonds is 1. The smallest absolute Gasteiger partial charge is 0.282 e. The second kappa shape index (κ2) is 5.85. The van der Waals surface area contributed by atoms with Gasteiger partial charge >= 0.3 is 0 Å². The first-order chi connectivity index (χ1) is 6.52. The van der Waals surface area contributed by atoms with E-state index in [1.54, 1.807) is 18.2 Å². The fourth-order valence-electron chi connectivity index (χ4n) is 0.592. The summed E-state index contributed by atoms with van der Waals surface area (Å²) in [7, 11) is -4.00. The molecule has 14 heavy (non-hydrogen) atoms. The Bertz CT molecular complexity index is 428. The molecule has 0 aliphatic rings. The van der Waals surface area contributed by atoms with Gasteiger partial charge in [0.2, 0.25) is 11.9 Å². The van der Waals surface area contributed by atoms with Crippen molar-refractivity contribution in [3.05, 3.63) is 30.3 Å². The lowest BCUT2D eigenvalue weighted by atomic mass is 10.4. The molecule has 1 aromatic rings. The highest BCUT2D eigenvalue weighted by molar-refractivity contribution is 7.85. The molecule has 0 spiro atoms. The molecule has 0 aliphatic carbocycles. The molecule has 0 bridgehead atoms. The zero-order valence-corrected chi connectivity index (χ0v) is 7.69. The molecule has 0 radical (unpaired) electrons. The zero-order chi connectivity index (χ0) is 11.0. The molecule has 0 heterocycles. The lowest BCUT2D eigenvalue weighted by Crippen LogP contribution is -1.96. The Morgan fingerprint density at radius 3 is 1.64 bits per heavy atom. The van der Waals surface area contributed by atoms with E-state index in [1.807, 2.05) is 0 Å². The summed E-state index contributed by atoms with van der Waals surface area (Å²) in [4.78, 5) is 17.2. The van der Waals surface area contributed by atoms with Gasteiger partial charge in [-0.15, -0.1) is 0 Å². The van der Waals surface area contributed by atoms with Crippen LogP contribution in [0.25, 0.3) is 0 Å². The van der Waals surface area contributed by atoms with E-state index in [-0.39, 0.29) is 4.90 Å². The fourth-order valence-corrected chi connectivity index (χ4v) is 1.09. The Balaban J connectivity index is 0.000000364. The third-order valence-corrected chi connectivity index (χ3v) is 1.95. The maximum atomic E-state index is 10.4. The quantitative estimate of drug-likeness (QED) is 0.530. The molecule has 1 N–H and O–H groups in total. The number of hydrogen-bond donors (Lipinski definition) is 1. The second-order valence-corrected chi connectivity index (χ2v) is 3.41. The van der Waals surface area contributed by atoms with Gasteiger partial charge in [0, 0.05) is 0 Å². The summed E-state index contributed by atoms with van der Waals surface area (Å²) >= 11 is 0. The molecule has 0 atom stereocenters. The monoisotopic (exact) mass is 214 g/mol. The molecule has 6 heteroatoms. The molecule has 1 rings (SSSR count). The molecule has 0 unspecified atom stereocenters. The van der Waals surface area contributed by atoms with Gasteiger partial charge in [-0.25, -0.2) is 9.59 Å². The van der Waals surface area contributed by atoms with Crippen LogP contribution >= 0.6 is 0 Å². The lowest BCUT2D eigenvalue weighted by molar-refractivity contribution is 0.483. The van der Waals surface area contributed by atoms with Crippen LogP contribution in [0.4, 0.5) is 0 Å². The molecule has 1 aromatic carbocycles. The summed E-state index contributed by atoms with van der Waals surface area (Å²) in [5.41, 5.74) is 0. The standard InChI is InChI=1S/C6H6O3S.C2O2/c7-10(8,9)6-4-2-1-3-5-6;3-1-2-4/h1-5H,(H,7,8,9);. The van der Waals surface area contributed by atoms with Crippen molar-refractivity contribution in [1.82, 2.24) is 0 Å². The molecule has 0 saturated heterocycles. The van der Waals surface area contributed by atoms with Gasteiger partial charge in [0.05, 0.1) is 4.90 Å². The van der Waals surface area contributed by atoms with Gasteiger partial charge in [-0.3, -0.25) is 4.55 Å². The third-order valence-electron chi connectivity index (χ3n) is 1.08. The largest absolute Gasteiger partial charge is 0.294 e. The van der Waals surface area contributed by atoms with E-state index in [1.165, 1.54) is 12.1 Å². The Morgan fingerprint density at radius 1 is 1.00 bits per heavy atom. The van der Waals surface area contributed by atoms with Gasteiger partial charge < -0.3 is 0 Å². The van der Waals surface area contributed by atoms with Crippen LogP contribution in [0.15, 0.2) is 35.2 Å². The van der Waals surface area contributed by atoms with Gasteiger partial charge in [-0.1, -0.05) is 18.2 Å². The predicted octanol–water partition coefficient (Wildman–Crippen LogP) is 0.139. The van der Waals surface area contributed by atoms with Gasteiger partial charge in [0.25, 0.3) is 10.1 Å². The van der Waals surface area contributed by atoms with Crippen molar-refractivity contribution in [2.24, 2.45) is 0 Å². The molecule has 74 valence electrons. The second-order valence-electron chi connectivity index (χ2n) is 1.99. The number of carbonyl (C=O) groups excluding carboxylic acids is 2. The molecule has 0 fully saturated rings. The molecule has 5 nitrogen and oxygen atoms in total. The molecule has 0 saturated carbocycles. The maximum absolute atomic E-state index is 10.4. The van der Waals surface area contributed by atoms with Crippen LogP contribution in [0, 0.1) is 0 Å². The molecule has 0 aromatic heterocycles. The van der Waals surface area contributed by atoms with E-state index in [2.05, 4.69) is 0 Å². The van der Waals surface area contributed by atoms with Crippen molar-refractivity contribution >= 4 is 22.0 Å². The van der Waals surface area contributed by atoms with Crippen molar-refractivity contribution in [2.45, 2.75) is 4.90 Å². The topological polar surface area (TPSA) is 88.5 Å². The van der Waals surface area contributed by atoms with Crippen molar-refractivity contribution in [2.75, 3.05) is 0 Å². The minimum Gasteiger partial charge on any atom is -0.282 e. The SMILES string of the molecule is O=C=C=O.O=S(=O)(O)c1ccccc1. The van der Waals surface area contributed by atoms with Crippen molar-refractivity contribution in [1.29, 1.82) is 0 Å². The van der Waals surface area contributed by atoms with E-state index < -0.39 is 10.1 Å². The van der Waals surface area contributed by atoms with Crippen LogP contribution < -0.4 is 0 Å². The van der Waals surface area contributed by atoms with Gasteiger partial charge in [-0.2, -0.15) is 8.42 Å². The number of benzene rings is 1. The first-order valence-electron chi connectivity index (χ1n) is 3.29. The Hall–Kier alpha value is -1.71. The van der Waals surface area contributed by atoms with Crippen LogP contribution in [0.2, 0.25) is 0 Å². The minimum atomic E-state index is -4.00. The summed E-state index contributed by atoms with van der Waals surface area (Å²) in [5, 5.41) is 0. The van der Waals surface area contributed by atoms with Gasteiger partial charge in [0.1, 0.15) is 0 Å². The Kier molecular flexibility index (Phi) is 5.14. The average molecular weight is 214 g/mol. The zero-order valence-electron chi connectivity index (χ0n) is 6.88. The summed E-state index contributed by atoms with van der Waals surface area (Å²) in [6.07, 6.45) is 0. The fraction of sp³-hybridized carbons (Fsp3) is 0. The minimum absolute atomic E-state index is 0.0741. The van der Waals surface area contributed by atoms with Crippen molar-refractivity contribution in [3.63, 3.8) is 0 Å². The predicted molar refractivity (Wildman–Crippen MR) is 47.6 cm³/mol. The summed E-state index contributed by atoms with van der Waals surface area (Å²) in [6, 6.07) is 7.42. The Morgan fingerprint density at radius 2 is 1.43 bits per heavy atom. The summed E-state index contributed by atoms with van der Waals surface area (Å²) in [5.74, 6) is 1.75. The van der Waals surface area contributed by atoms with Crippen LogP contribution in [-0.4, -0.2) is 24.9 Å². The van der Waals surface area contributed by atoms with E-state index in [0.717, 1.165) is 11.9 Å². The summed E-state index contributed by atoms with van der Waals surface area (Å²) in [6.45, 7) is 0.